The first kappa shape index (κ1) is 10.7. The van der Waals surface area contributed by atoms with Crippen LogP contribution in [-0.2, 0) is 24.1 Å². The zero-order chi connectivity index (χ0) is 9.35. The second-order valence-electron chi connectivity index (χ2n) is 2.85. The molecule has 3 nitrogen and oxygen atoms in total. The molecule has 1 aliphatic rings. The fraction of sp³-hybridized carbons (Fsp3) is 0.800. The van der Waals surface area contributed by atoms with Crippen LogP contribution in [0.25, 0.3) is 0 Å². The smallest absolute Gasteiger partial charge is 0.334 e. The molecule has 1 atom stereocenters. The standard InChI is InChI=1S/C5H12N3PS3/c1-4(2)6-5-8(3)7-9(10,11)12-5/h4H,1-3H3,(H2,7,10,11). The van der Waals surface area contributed by atoms with Gasteiger partial charge in [-0.15, -0.1) is 0 Å². The van der Waals surface area contributed by atoms with Crippen molar-refractivity contribution in [3.05, 3.63) is 0 Å². The van der Waals surface area contributed by atoms with Gasteiger partial charge in [-0.1, -0.05) is 11.8 Å². The number of hydrogen-bond donors (Lipinski definition) is 2. The van der Waals surface area contributed by atoms with E-state index in [0.29, 0.717) is 6.04 Å². The van der Waals surface area contributed by atoms with Gasteiger partial charge in [-0.05, 0) is 13.8 Å². The normalized spacial score (nSPS) is 29.4. The largest absolute Gasteiger partial charge is 0.712 e. The summed E-state index contributed by atoms with van der Waals surface area (Å²) in [6.07, 6.45) is 0. The summed E-state index contributed by atoms with van der Waals surface area (Å²) in [6, 6.07) is 0.417. The van der Waals surface area contributed by atoms with Gasteiger partial charge in [-0.2, -0.15) is 4.68 Å². The van der Waals surface area contributed by atoms with Crippen molar-refractivity contribution in [1.29, 1.82) is 0 Å². The van der Waals surface area contributed by atoms with Crippen LogP contribution < -0.4 is 10.5 Å². The molecule has 1 rings (SSSR count). The van der Waals surface area contributed by atoms with E-state index in [0.717, 1.165) is 5.17 Å². The quantitative estimate of drug-likeness (QED) is 0.406. The zero-order valence-electron chi connectivity index (χ0n) is 7.20. The summed E-state index contributed by atoms with van der Waals surface area (Å²) in [5.41, 5.74) is 0. The van der Waals surface area contributed by atoms with Gasteiger partial charge in [0.05, 0.1) is 6.04 Å². The van der Waals surface area contributed by atoms with Gasteiger partial charge in [-0.3, -0.25) is 5.32 Å². The van der Waals surface area contributed by atoms with E-state index < -0.39 is 4.59 Å². The molecule has 2 N–H and O–H groups in total. The molecule has 0 bridgehead atoms. The Morgan fingerprint density at radius 2 is 2.33 bits per heavy atom. The number of hydrazone groups is 1. The van der Waals surface area contributed by atoms with E-state index in [4.69, 9.17) is 24.1 Å². The van der Waals surface area contributed by atoms with Crippen molar-refractivity contribution >= 4 is 45.2 Å². The third kappa shape index (κ3) is 2.83. The number of amidine groups is 1. The highest BCUT2D eigenvalue weighted by atomic mass is 33.2. The fourth-order valence-electron chi connectivity index (χ4n) is 0.795. The van der Waals surface area contributed by atoms with Gasteiger partial charge in [0.2, 0.25) is 0 Å². The maximum Gasteiger partial charge on any atom is 0.334 e. The molecule has 70 valence electrons. The van der Waals surface area contributed by atoms with Crippen LogP contribution in [0.5, 0.6) is 0 Å². The number of rotatable bonds is 1. The minimum atomic E-state index is -1.80. The highest BCUT2D eigenvalue weighted by Gasteiger charge is 2.25. The van der Waals surface area contributed by atoms with E-state index in [2.05, 4.69) is 24.4 Å². The summed E-state index contributed by atoms with van der Waals surface area (Å²) in [6.45, 7) is 4.18. The molecule has 0 spiro atoms. The summed E-state index contributed by atoms with van der Waals surface area (Å²) in [5.74, 6) is 0. The van der Waals surface area contributed by atoms with Gasteiger partial charge in [0.1, 0.15) is 7.05 Å². The lowest BCUT2D eigenvalue weighted by Crippen LogP contribution is -2.33. The first-order valence-corrected chi connectivity index (χ1v) is 8.80. The van der Waals surface area contributed by atoms with Crippen LogP contribution in [0.4, 0.5) is 0 Å². The highest BCUT2D eigenvalue weighted by Crippen LogP contribution is 2.55. The first-order chi connectivity index (χ1) is 5.41. The van der Waals surface area contributed by atoms with Crippen molar-refractivity contribution in [2.45, 2.75) is 19.9 Å². The number of hydrogen-bond acceptors (Lipinski definition) is 4. The van der Waals surface area contributed by atoms with Crippen LogP contribution in [-0.4, -0.2) is 22.9 Å². The Labute approximate surface area is 87.3 Å². The minimum absolute atomic E-state index is 0.417. The first-order valence-electron chi connectivity index (χ1n) is 3.56. The minimum Gasteiger partial charge on any atom is -0.712 e. The molecule has 0 aromatic carbocycles. The van der Waals surface area contributed by atoms with E-state index in [1.54, 1.807) is 11.4 Å². The summed E-state index contributed by atoms with van der Waals surface area (Å²) in [7, 11) is 1.93. The molecule has 0 aromatic rings. The Balaban J connectivity index is 2.67. The predicted octanol–water partition coefficient (Wildman–Crippen LogP) is 1.01. The molecule has 0 aromatic heterocycles. The maximum absolute atomic E-state index is 5.19. The predicted molar refractivity (Wildman–Crippen MR) is 61.8 cm³/mol. The van der Waals surface area contributed by atoms with Crippen molar-refractivity contribution in [3.8, 4) is 0 Å². The highest BCUT2D eigenvalue weighted by molar-refractivity contribution is 8.95. The summed E-state index contributed by atoms with van der Waals surface area (Å²) < 4.78 is 0.0854. The van der Waals surface area contributed by atoms with Gasteiger partial charge in [0, 0.05) is 16.0 Å². The van der Waals surface area contributed by atoms with Crippen LogP contribution >= 0.6 is 16.0 Å². The number of nitrogens with zero attached hydrogens (tertiary/aromatic N) is 1. The molecule has 7 heteroatoms. The molecular weight excluding hydrogens is 229 g/mol. The molecular formula is C5H12N3PS3. The summed E-state index contributed by atoms with van der Waals surface area (Å²) >= 11 is 11.9. The maximum atomic E-state index is 5.19. The van der Waals surface area contributed by atoms with E-state index >= 15 is 0 Å². The van der Waals surface area contributed by atoms with Gasteiger partial charge in [0.15, 0.2) is 0 Å². The zero-order valence-corrected chi connectivity index (χ0v) is 10.5. The average molecular weight is 241 g/mol. The molecule has 1 unspecified atom stereocenters. The number of nitrogens with one attached hydrogen (secondary N) is 2. The van der Waals surface area contributed by atoms with E-state index in [1.807, 2.05) is 11.7 Å². The van der Waals surface area contributed by atoms with Crippen molar-refractivity contribution in [3.63, 3.8) is 0 Å². The second kappa shape index (κ2) is 3.78. The van der Waals surface area contributed by atoms with Crippen molar-refractivity contribution in [1.82, 2.24) is 10.5 Å². The van der Waals surface area contributed by atoms with Gasteiger partial charge >= 0.3 is 5.17 Å². The molecule has 0 saturated carbocycles. The van der Waals surface area contributed by atoms with E-state index in [1.165, 1.54) is 0 Å². The second-order valence-corrected chi connectivity index (χ2v) is 12.2. The van der Waals surface area contributed by atoms with Crippen LogP contribution in [0.1, 0.15) is 13.8 Å². The molecule has 1 heterocycles. The Morgan fingerprint density at radius 1 is 1.75 bits per heavy atom. The lowest BCUT2D eigenvalue weighted by molar-refractivity contribution is -0.532. The molecule has 1 aliphatic heterocycles. The molecule has 12 heavy (non-hydrogen) atoms. The third-order valence-electron chi connectivity index (χ3n) is 1.20. The fourth-order valence-corrected chi connectivity index (χ4v) is 5.76. The Bertz CT molecular complexity index is 263. The van der Waals surface area contributed by atoms with Gasteiger partial charge in [-0.25, -0.2) is 5.20 Å². The van der Waals surface area contributed by atoms with Crippen molar-refractivity contribution in [2.24, 2.45) is 0 Å². The Hall–Kier alpha value is 0.620. The Morgan fingerprint density at radius 3 is 2.67 bits per heavy atom. The van der Waals surface area contributed by atoms with Gasteiger partial charge < -0.3 is 12.2 Å². The van der Waals surface area contributed by atoms with E-state index in [-0.39, 0.29) is 0 Å². The molecule has 0 aliphatic carbocycles. The summed E-state index contributed by atoms with van der Waals surface area (Å²) in [5, 5.41) is 7.42. The molecule has 0 fully saturated rings. The van der Waals surface area contributed by atoms with Crippen LogP contribution in [0, 0.1) is 0 Å². The summed E-state index contributed by atoms with van der Waals surface area (Å²) in [4.78, 5) is 0. The van der Waals surface area contributed by atoms with Crippen LogP contribution in [0.2, 0.25) is 0 Å². The van der Waals surface area contributed by atoms with Gasteiger partial charge in [0.25, 0.3) is 0 Å². The van der Waals surface area contributed by atoms with Crippen molar-refractivity contribution in [2.75, 3.05) is 7.05 Å². The molecule has 0 radical (unpaired) electrons. The average Bonchev–Trinajstić information content (AvgIpc) is 2.03. The molecule has 0 amide bonds. The number of hydrazine groups is 1. The van der Waals surface area contributed by atoms with Crippen molar-refractivity contribution < 1.29 is 4.68 Å². The third-order valence-corrected chi connectivity index (χ3v) is 5.86. The van der Waals surface area contributed by atoms with Crippen LogP contribution in [0.15, 0.2) is 0 Å². The monoisotopic (exact) mass is 241 g/mol. The topological polar surface area (TPSA) is 27.1 Å². The SMILES string of the molecule is CC(C)NC1=[N+](C)NP(=S)([S-])S1. The Kier molecular flexibility index (Phi) is 3.37. The molecule has 0 saturated heterocycles. The lowest BCUT2D eigenvalue weighted by atomic mass is 10.4. The van der Waals surface area contributed by atoms with Crippen LogP contribution in [0.3, 0.4) is 0 Å². The lowest BCUT2D eigenvalue weighted by Gasteiger charge is -2.17. The van der Waals surface area contributed by atoms with E-state index in [9.17, 15) is 0 Å².